The van der Waals surface area contributed by atoms with Gasteiger partial charge in [-0.2, -0.15) is 0 Å². The molecule has 0 fully saturated rings. The van der Waals surface area contributed by atoms with E-state index < -0.39 is 0 Å². The summed E-state index contributed by atoms with van der Waals surface area (Å²) < 4.78 is 0. The van der Waals surface area contributed by atoms with Crippen LogP contribution in [-0.2, 0) is 13.1 Å². The van der Waals surface area contributed by atoms with Crippen molar-refractivity contribution in [2.75, 3.05) is 0 Å². The van der Waals surface area contributed by atoms with Crippen molar-refractivity contribution in [3.63, 3.8) is 0 Å². The van der Waals surface area contributed by atoms with Gasteiger partial charge < -0.3 is 0 Å². The van der Waals surface area contributed by atoms with Gasteiger partial charge in [-0.1, -0.05) is 84.9 Å². The van der Waals surface area contributed by atoms with Crippen LogP contribution in [0.4, 0.5) is 11.4 Å². The molecule has 190 valence electrons. The molecule has 0 saturated heterocycles. The van der Waals surface area contributed by atoms with E-state index in [0.717, 1.165) is 32.6 Å². The first-order valence-electron chi connectivity index (χ1n) is 12.0. The summed E-state index contributed by atoms with van der Waals surface area (Å²) in [6, 6.07) is 38.2. The molecule has 0 amide bonds. The van der Waals surface area contributed by atoms with E-state index in [1.54, 1.807) is 11.3 Å². The molecule has 0 aliphatic rings. The molecular formula is C32H24Cl2FeN2S. The number of hydrogen-bond acceptors (Lipinski definition) is 3. The molecule has 6 rings (SSSR count). The van der Waals surface area contributed by atoms with Crippen molar-refractivity contribution in [3.05, 3.63) is 119 Å². The molecule has 0 aliphatic heterocycles. The first-order chi connectivity index (χ1) is 18.6. The monoisotopic (exact) mass is 594 g/mol. The molecule has 6 heteroatoms. The maximum atomic E-state index is 5.17. The Hall–Kier alpha value is -2.98. The number of fused-ring (bicyclic) bond motifs is 3. The Morgan fingerprint density at radius 1 is 0.579 bits per heavy atom. The minimum absolute atomic E-state index is 0.194. The first kappa shape index (κ1) is 26.6. The van der Waals surface area contributed by atoms with Crippen LogP contribution in [0.5, 0.6) is 0 Å². The standard InChI is InChI=1S/C32H24N2S.2ClH.Fe/c1-21(33-29-17-9-13-23-10-3-6-14-26(23)29)30-18-19-31(35-30)22(2)34-32-27-15-7-4-11-24(27)20-25-12-5-8-16-28(25)32;;;/h3-20H,1-2H3;2*1H;/q;;;+2/p-2. The van der Waals surface area contributed by atoms with Crippen LogP contribution in [0.1, 0.15) is 23.6 Å². The molecule has 0 unspecified atom stereocenters. The van der Waals surface area contributed by atoms with Gasteiger partial charge in [0.2, 0.25) is 0 Å². The summed E-state index contributed by atoms with van der Waals surface area (Å²) in [5, 5.41) is 7.16. The molecular weight excluding hydrogens is 571 g/mol. The number of hydrogen-bond donors (Lipinski definition) is 0. The van der Waals surface area contributed by atoms with Crippen LogP contribution in [0.2, 0.25) is 0 Å². The average Bonchev–Trinajstić information content (AvgIpc) is 3.44. The number of nitrogens with zero attached hydrogens (tertiary/aromatic N) is 2. The number of halogens is 2. The van der Waals surface area contributed by atoms with Crippen molar-refractivity contribution in [3.8, 4) is 0 Å². The summed E-state index contributed by atoms with van der Waals surface area (Å²) in [5.74, 6) is 0. The molecule has 1 heterocycles. The third kappa shape index (κ3) is 5.71. The SMILES string of the molecule is CC(=Nc1cccc2ccccc12)c1ccc(C(C)=Nc2c3ccccc3cc3ccccc23)s1.[Cl][Fe][Cl]. The fourth-order valence-corrected chi connectivity index (χ4v) is 5.50. The van der Waals surface area contributed by atoms with Crippen LogP contribution in [-0.4, -0.2) is 11.4 Å². The van der Waals surface area contributed by atoms with Crippen LogP contribution >= 0.6 is 31.5 Å². The van der Waals surface area contributed by atoms with E-state index in [4.69, 9.17) is 30.2 Å². The Morgan fingerprint density at radius 3 is 1.66 bits per heavy atom. The number of benzene rings is 5. The predicted molar refractivity (Wildman–Crippen MR) is 165 cm³/mol. The van der Waals surface area contributed by atoms with Crippen LogP contribution in [0.3, 0.4) is 0 Å². The molecule has 0 bridgehead atoms. The van der Waals surface area contributed by atoms with Crippen LogP contribution in [0.25, 0.3) is 32.3 Å². The molecule has 0 N–H and O–H groups in total. The molecule has 0 aliphatic carbocycles. The van der Waals surface area contributed by atoms with Crippen LogP contribution in [0, 0.1) is 0 Å². The fraction of sp³-hybridized carbons (Fsp3) is 0.0625. The summed E-state index contributed by atoms with van der Waals surface area (Å²) in [7, 11) is 9.53. The third-order valence-corrected chi connectivity index (χ3v) is 7.70. The van der Waals surface area contributed by atoms with Crippen LogP contribution in [0.15, 0.2) is 119 Å². The molecule has 6 aromatic rings. The molecule has 2 nitrogen and oxygen atoms in total. The van der Waals surface area contributed by atoms with Crippen molar-refractivity contribution in [1.82, 2.24) is 0 Å². The zero-order valence-electron chi connectivity index (χ0n) is 20.8. The van der Waals surface area contributed by atoms with E-state index in [2.05, 4.69) is 123 Å². The quantitative estimate of drug-likeness (QED) is 0.110. The summed E-state index contributed by atoms with van der Waals surface area (Å²) in [4.78, 5) is 12.5. The molecule has 38 heavy (non-hydrogen) atoms. The second-order valence-electron chi connectivity index (χ2n) is 8.77. The average molecular weight is 595 g/mol. The Kier molecular flexibility index (Phi) is 8.58. The first-order valence-corrected chi connectivity index (χ1v) is 15.9. The predicted octanol–water partition coefficient (Wildman–Crippen LogP) is 10.9. The van der Waals surface area contributed by atoms with Crippen molar-refractivity contribution in [1.29, 1.82) is 0 Å². The minimum atomic E-state index is 0.194. The second-order valence-corrected chi connectivity index (χ2v) is 11.7. The molecule has 0 spiro atoms. The van der Waals surface area contributed by atoms with E-state index in [1.165, 1.54) is 32.3 Å². The van der Waals surface area contributed by atoms with Gasteiger partial charge in [-0.15, -0.1) is 11.3 Å². The third-order valence-electron chi connectivity index (χ3n) is 6.40. The van der Waals surface area contributed by atoms with Gasteiger partial charge in [0, 0.05) is 25.9 Å². The van der Waals surface area contributed by atoms with Gasteiger partial charge in [0.15, 0.2) is 0 Å². The van der Waals surface area contributed by atoms with Crippen LogP contribution < -0.4 is 0 Å². The van der Waals surface area contributed by atoms with Crippen molar-refractivity contribution in [2.24, 2.45) is 9.98 Å². The van der Waals surface area contributed by atoms with Gasteiger partial charge in [-0.25, -0.2) is 0 Å². The summed E-state index contributed by atoms with van der Waals surface area (Å²) in [6.45, 7) is 4.19. The van der Waals surface area contributed by atoms with E-state index in [0.29, 0.717) is 0 Å². The topological polar surface area (TPSA) is 24.7 Å². The summed E-state index contributed by atoms with van der Waals surface area (Å²) in [6.07, 6.45) is 0. The fourth-order valence-electron chi connectivity index (χ4n) is 4.60. The van der Waals surface area contributed by atoms with Crippen molar-refractivity contribution in [2.45, 2.75) is 13.8 Å². The van der Waals surface area contributed by atoms with Gasteiger partial charge in [-0.05, 0) is 54.3 Å². The Balaban J connectivity index is 0.000000937. The van der Waals surface area contributed by atoms with Crippen molar-refractivity contribution < 1.29 is 13.1 Å². The zero-order valence-corrected chi connectivity index (χ0v) is 24.2. The summed E-state index contributed by atoms with van der Waals surface area (Å²) in [5.41, 5.74) is 4.07. The summed E-state index contributed by atoms with van der Waals surface area (Å²) >= 11 is 1.94. The molecule has 0 atom stereocenters. The van der Waals surface area contributed by atoms with E-state index in [1.807, 2.05) is 0 Å². The van der Waals surface area contributed by atoms with Gasteiger partial charge in [0.25, 0.3) is 0 Å². The maximum absolute atomic E-state index is 5.17. The molecule has 5 aromatic carbocycles. The molecule has 1 aromatic heterocycles. The van der Waals surface area contributed by atoms with Gasteiger partial charge in [-0.3, -0.25) is 9.98 Å². The second kappa shape index (κ2) is 12.3. The Bertz CT molecular complexity index is 1750. The van der Waals surface area contributed by atoms with E-state index in [9.17, 15) is 0 Å². The van der Waals surface area contributed by atoms with Gasteiger partial charge >= 0.3 is 33.3 Å². The zero-order chi connectivity index (χ0) is 26.5. The normalized spacial score (nSPS) is 12.2. The number of rotatable bonds is 4. The van der Waals surface area contributed by atoms with E-state index >= 15 is 0 Å². The van der Waals surface area contributed by atoms with Crippen molar-refractivity contribution >= 4 is 86.6 Å². The Labute approximate surface area is 241 Å². The van der Waals surface area contributed by atoms with Gasteiger partial charge in [0.05, 0.1) is 22.8 Å². The number of aliphatic imine (C=N–C) groups is 2. The van der Waals surface area contributed by atoms with Gasteiger partial charge in [0.1, 0.15) is 0 Å². The number of thiophene rings is 1. The molecule has 0 radical (unpaired) electrons. The van der Waals surface area contributed by atoms with E-state index in [-0.39, 0.29) is 13.1 Å². The Morgan fingerprint density at radius 2 is 1.05 bits per heavy atom. The molecule has 0 saturated carbocycles.